The van der Waals surface area contributed by atoms with Crippen molar-refractivity contribution in [3.05, 3.63) is 95.2 Å². The van der Waals surface area contributed by atoms with E-state index in [-0.39, 0.29) is 11.9 Å². The molecular weight excluding hydrogens is 422 g/mol. The third-order valence-corrected chi connectivity index (χ3v) is 6.25. The Morgan fingerprint density at radius 3 is 2.41 bits per heavy atom. The SMILES string of the molecule is CCn1c(-c2ccccc2)nc(-c2ccc(C)c(C)c2)c1C(=O)N[C@@H](C)c1cccc(OC)c1. The predicted molar refractivity (Wildman–Crippen MR) is 137 cm³/mol. The summed E-state index contributed by atoms with van der Waals surface area (Å²) in [5.74, 6) is 1.40. The van der Waals surface area contributed by atoms with Gasteiger partial charge in [-0.2, -0.15) is 0 Å². The van der Waals surface area contributed by atoms with Gasteiger partial charge in [-0.05, 0) is 62.6 Å². The summed E-state index contributed by atoms with van der Waals surface area (Å²) in [4.78, 5) is 18.8. The Morgan fingerprint density at radius 2 is 1.74 bits per heavy atom. The smallest absolute Gasteiger partial charge is 0.270 e. The lowest BCUT2D eigenvalue weighted by Crippen LogP contribution is -2.29. The van der Waals surface area contributed by atoms with Gasteiger partial charge in [0, 0.05) is 17.7 Å². The molecule has 1 atom stereocenters. The average molecular weight is 454 g/mol. The van der Waals surface area contributed by atoms with Crippen LogP contribution in [0.2, 0.25) is 0 Å². The Hall–Kier alpha value is -3.86. The van der Waals surface area contributed by atoms with Crippen LogP contribution in [-0.4, -0.2) is 22.6 Å². The van der Waals surface area contributed by atoms with E-state index in [0.717, 1.165) is 28.3 Å². The van der Waals surface area contributed by atoms with E-state index >= 15 is 0 Å². The van der Waals surface area contributed by atoms with Gasteiger partial charge in [-0.25, -0.2) is 4.98 Å². The minimum Gasteiger partial charge on any atom is -0.497 e. The number of carbonyl (C=O) groups is 1. The molecule has 0 unspecified atom stereocenters. The molecule has 5 nitrogen and oxygen atoms in total. The van der Waals surface area contributed by atoms with Crippen LogP contribution in [-0.2, 0) is 6.54 Å². The molecule has 4 rings (SSSR count). The molecule has 34 heavy (non-hydrogen) atoms. The number of ether oxygens (including phenoxy) is 1. The van der Waals surface area contributed by atoms with Crippen LogP contribution in [0.3, 0.4) is 0 Å². The van der Waals surface area contributed by atoms with Crippen LogP contribution in [0.1, 0.15) is 47.1 Å². The number of methoxy groups -OCH3 is 1. The Labute approximate surface area is 201 Å². The maximum Gasteiger partial charge on any atom is 0.270 e. The van der Waals surface area contributed by atoms with E-state index < -0.39 is 0 Å². The number of rotatable bonds is 7. The maximum atomic E-state index is 13.8. The van der Waals surface area contributed by atoms with Gasteiger partial charge in [0.05, 0.1) is 13.2 Å². The molecule has 0 aliphatic rings. The molecule has 174 valence electrons. The maximum absolute atomic E-state index is 13.8. The zero-order valence-corrected chi connectivity index (χ0v) is 20.4. The van der Waals surface area contributed by atoms with Gasteiger partial charge in [0.2, 0.25) is 0 Å². The van der Waals surface area contributed by atoms with Crippen molar-refractivity contribution in [2.75, 3.05) is 7.11 Å². The molecule has 0 saturated carbocycles. The minimum absolute atomic E-state index is 0.153. The van der Waals surface area contributed by atoms with E-state index in [4.69, 9.17) is 9.72 Å². The highest BCUT2D eigenvalue weighted by Gasteiger charge is 2.25. The van der Waals surface area contributed by atoms with Gasteiger partial charge in [0.1, 0.15) is 23.0 Å². The van der Waals surface area contributed by atoms with Crippen LogP contribution in [0, 0.1) is 13.8 Å². The first-order valence-electron chi connectivity index (χ1n) is 11.6. The van der Waals surface area contributed by atoms with Crippen LogP contribution in [0.15, 0.2) is 72.8 Å². The summed E-state index contributed by atoms with van der Waals surface area (Å²) >= 11 is 0. The molecule has 1 amide bonds. The lowest BCUT2D eigenvalue weighted by atomic mass is 10.0. The van der Waals surface area contributed by atoms with Gasteiger partial charge in [0.25, 0.3) is 5.91 Å². The summed E-state index contributed by atoms with van der Waals surface area (Å²) in [6, 6.07) is 23.8. The largest absolute Gasteiger partial charge is 0.497 e. The Bertz CT molecular complexity index is 1310. The molecule has 0 saturated heterocycles. The molecule has 1 N–H and O–H groups in total. The number of carbonyl (C=O) groups excluding carboxylic acids is 1. The van der Waals surface area contributed by atoms with E-state index in [1.165, 1.54) is 11.1 Å². The number of aromatic nitrogens is 2. The first-order chi connectivity index (χ1) is 16.4. The van der Waals surface area contributed by atoms with Crippen LogP contribution in [0.5, 0.6) is 5.75 Å². The Kier molecular flexibility index (Phi) is 6.82. The minimum atomic E-state index is -0.199. The molecule has 0 spiro atoms. The number of imidazole rings is 1. The highest BCUT2D eigenvalue weighted by molar-refractivity contribution is 6.00. The van der Waals surface area contributed by atoms with Gasteiger partial charge in [-0.15, -0.1) is 0 Å². The zero-order valence-electron chi connectivity index (χ0n) is 20.4. The van der Waals surface area contributed by atoms with E-state index in [1.54, 1.807) is 7.11 Å². The molecule has 1 heterocycles. The van der Waals surface area contributed by atoms with Crippen LogP contribution < -0.4 is 10.1 Å². The quantitative estimate of drug-likeness (QED) is 0.355. The third-order valence-electron chi connectivity index (χ3n) is 6.25. The van der Waals surface area contributed by atoms with Gasteiger partial charge in [-0.1, -0.05) is 54.6 Å². The number of nitrogens with zero attached hydrogens (tertiary/aromatic N) is 2. The normalized spacial score (nSPS) is 11.8. The second-order valence-corrected chi connectivity index (χ2v) is 8.51. The van der Waals surface area contributed by atoms with E-state index in [9.17, 15) is 4.79 Å². The summed E-state index contributed by atoms with van der Waals surface area (Å²) in [6.07, 6.45) is 0. The summed E-state index contributed by atoms with van der Waals surface area (Å²) in [5.41, 5.74) is 6.53. The number of hydrogen-bond acceptors (Lipinski definition) is 3. The monoisotopic (exact) mass is 453 g/mol. The van der Waals surface area contributed by atoms with Crippen molar-refractivity contribution in [3.63, 3.8) is 0 Å². The highest BCUT2D eigenvalue weighted by Crippen LogP contribution is 2.31. The van der Waals surface area contributed by atoms with Crippen LogP contribution in [0.4, 0.5) is 0 Å². The number of benzene rings is 3. The summed E-state index contributed by atoms with van der Waals surface area (Å²) in [7, 11) is 1.64. The number of hydrogen-bond donors (Lipinski definition) is 1. The fourth-order valence-electron chi connectivity index (χ4n) is 4.15. The predicted octanol–water partition coefficient (Wildman–Crippen LogP) is 6.35. The fraction of sp³-hybridized carbons (Fsp3) is 0.241. The second kappa shape index (κ2) is 9.96. The van der Waals surface area contributed by atoms with Crippen molar-refractivity contribution in [3.8, 4) is 28.4 Å². The van der Waals surface area contributed by atoms with Crippen molar-refractivity contribution >= 4 is 5.91 Å². The van der Waals surface area contributed by atoms with Crippen LogP contribution in [0.25, 0.3) is 22.6 Å². The summed E-state index contributed by atoms with van der Waals surface area (Å²) < 4.78 is 7.36. The van der Waals surface area contributed by atoms with Crippen molar-refractivity contribution in [2.24, 2.45) is 0 Å². The molecule has 0 radical (unpaired) electrons. The van der Waals surface area contributed by atoms with Gasteiger partial charge < -0.3 is 14.6 Å². The van der Waals surface area contributed by atoms with Gasteiger partial charge in [-0.3, -0.25) is 4.79 Å². The van der Waals surface area contributed by atoms with E-state index in [0.29, 0.717) is 17.9 Å². The molecule has 0 aliphatic carbocycles. The fourth-order valence-corrected chi connectivity index (χ4v) is 4.15. The lowest BCUT2D eigenvalue weighted by Gasteiger charge is -2.17. The van der Waals surface area contributed by atoms with Crippen molar-refractivity contribution in [2.45, 2.75) is 40.3 Å². The molecular formula is C29H31N3O2. The van der Waals surface area contributed by atoms with Crippen molar-refractivity contribution < 1.29 is 9.53 Å². The first kappa shape index (κ1) is 23.3. The third kappa shape index (κ3) is 4.60. The Morgan fingerprint density at radius 1 is 0.971 bits per heavy atom. The molecule has 4 aromatic rings. The molecule has 0 bridgehead atoms. The Balaban J connectivity index is 1.81. The topological polar surface area (TPSA) is 56.2 Å². The van der Waals surface area contributed by atoms with Gasteiger partial charge >= 0.3 is 0 Å². The molecule has 5 heteroatoms. The van der Waals surface area contributed by atoms with Gasteiger partial charge in [0.15, 0.2) is 0 Å². The zero-order chi connectivity index (χ0) is 24.2. The van der Waals surface area contributed by atoms with Crippen LogP contribution >= 0.6 is 0 Å². The average Bonchev–Trinajstić information content (AvgIpc) is 3.26. The van der Waals surface area contributed by atoms with E-state index in [2.05, 4.69) is 31.3 Å². The molecule has 0 fully saturated rings. The molecule has 0 aliphatic heterocycles. The standard InChI is InChI=1S/C29H31N3O2/c1-6-32-27(29(33)30-21(4)23-13-10-14-25(18-23)34-5)26(24-16-15-19(2)20(3)17-24)31-28(32)22-11-8-7-9-12-22/h7-18,21H,6H2,1-5H3,(H,30,33)/t21-/m0/s1. The van der Waals surface area contributed by atoms with E-state index in [1.807, 2.05) is 79.1 Å². The summed E-state index contributed by atoms with van der Waals surface area (Å²) in [5, 5.41) is 3.18. The summed E-state index contributed by atoms with van der Waals surface area (Å²) in [6.45, 7) is 8.81. The number of amides is 1. The highest BCUT2D eigenvalue weighted by atomic mass is 16.5. The lowest BCUT2D eigenvalue weighted by molar-refractivity contribution is 0.0931. The van der Waals surface area contributed by atoms with Crippen molar-refractivity contribution in [1.29, 1.82) is 0 Å². The molecule has 3 aromatic carbocycles. The number of aryl methyl sites for hydroxylation is 2. The second-order valence-electron chi connectivity index (χ2n) is 8.51. The molecule has 1 aromatic heterocycles. The first-order valence-corrected chi connectivity index (χ1v) is 11.6. The van der Waals surface area contributed by atoms with Crippen molar-refractivity contribution in [1.82, 2.24) is 14.9 Å². The number of nitrogens with one attached hydrogen (secondary N) is 1.